The van der Waals surface area contributed by atoms with Gasteiger partial charge in [0.25, 0.3) is 0 Å². The van der Waals surface area contributed by atoms with Gasteiger partial charge >= 0.3 is 6.18 Å². The van der Waals surface area contributed by atoms with Crippen LogP contribution in [0, 0.1) is 6.92 Å². The van der Waals surface area contributed by atoms with E-state index in [1.54, 1.807) is 6.07 Å². The van der Waals surface area contributed by atoms with Crippen LogP contribution >= 0.6 is 11.6 Å². The molecule has 1 aliphatic carbocycles. The maximum atomic E-state index is 13.3. The molecule has 4 nitrogen and oxygen atoms in total. The minimum Gasteiger partial charge on any atom is -0.452 e. The summed E-state index contributed by atoms with van der Waals surface area (Å²) in [5.41, 5.74) is 0.726. The number of rotatable bonds is 2. The molecular formula is C19H19ClF3N3O. The van der Waals surface area contributed by atoms with Gasteiger partial charge in [0, 0.05) is 11.6 Å². The summed E-state index contributed by atoms with van der Waals surface area (Å²) in [5, 5.41) is 3.87. The summed E-state index contributed by atoms with van der Waals surface area (Å²) in [6.45, 7) is 1.88. The van der Waals surface area contributed by atoms with Gasteiger partial charge in [-0.1, -0.05) is 49.1 Å². The first-order chi connectivity index (χ1) is 12.8. The first kappa shape index (κ1) is 18.3. The number of alkyl halides is 4. The lowest BCUT2D eigenvalue weighted by Crippen LogP contribution is -2.22. The summed E-state index contributed by atoms with van der Waals surface area (Å²) in [6, 6.07) is 6.46. The highest BCUT2D eigenvalue weighted by Crippen LogP contribution is 2.40. The molecule has 1 fully saturated rings. The number of ether oxygens (including phenoxy) is 1. The zero-order valence-electron chi connectivity index (χ0n) is 14.8. The predicted molar refractivity (Wildman–Crippen MR) is 96.4 cm³/mol. The lowest BCUT2D eigenvalue weighted by atomic mass is 9.95. The summed E-state index contributed by atoms with van der Waals surface area (Å²) in [6.07, 6.45) is 0.0842. The van der Waals surface area contributed by atoms with Crippen LogP contribution in [0.15, 0.2) is 29.3 Å². The number of fused-ring (bicyclic) bond motifs is 1. The Morgan fingerprint density at radius 3 is 2.63 bits per heavy atom. The first-order valence-electron chi connectivity index (χ1n) is 9.00. The van der Waals surface area contributed by atoms with Crippen molar-refractivity contribution in [3.8, 4) is 0 Å². The van der Waals surface area contributed by atoms with Gasteiger partial charge in [0.1, 0.15) is 5.69 Å². The van der Waals surface area contributed by atoms with Gasteiger partial charge in [-0.2, -0.15) is 18.3 Å². The Morgan fingerprint density at radius 2 is 1.93 bits per heavy atom. The zero-order chi connectivity index (χ0) is 19.2. The Balaban J connectivity index is 1.83. The van der Waals surface area contributed by atoms with E-state index >= 15 is 0 Å². The third kappa shape index (κ3) is 3.45. The number of halogens is 4. The van der Waals surface area contributed by atoms with Gasteiger partial charge in [0.05, 0.1) is 11.7 Å². The van der Waals surface area contributed by atoms with Gasteiger partial charge in [-0.3, -0.25) is 4.68 Å². The van der Waals surface area contributed by atoms with E-state index in [4.69, 9.17) is 16.3 Å². The molecule has 1 aromatic heterocycles. The molecular weight excluding hydrogens is 379 g/mol. The average molecular weight is 398 g/mol. The van der Waals surface area contributed by atoms with Crippen molar-refractivity contribution in [2.24, 2.45) is 4.99 Å². The van der Waals surface area contributed by atoms with E-state index in [-0.39, 0.29) is 17.6 Å². The molecule has 2 aromatic rings. The van der Waals surface area contributed by atoms with Gasteiger partial charge in [-0.25, -0.2) is 4.99 Å². The molecule has 1 aromatic carbocycles. The summed E-state index contributed by atoms with van der Waals surface area (Å²) in [5.74, 6) is 0.0883. The standard InChI is InChI=1S/C19H19ClF3N3O/c1-11-6-5-9-13-16(11)24-18(27-17(13)20)14-10-15(19(21,22)23)25-26(14)12-7-3-2-4-8-12/h5-6,9-10,12,17H,2-4,7-8H2,1H3. The van der Waals surface area contributed by atoms with Crippen molar-refractivity contribution in [3.63, 3.8) is 0 Å². The molecule has 8 heteroatoms. The Bertz CT molecular complexity index is 885. The molecule has 1 saturated carbocycles. The van der Waals surface area contributed by atoms with E-state index in [1.807, 2.05) is 19.1 Å². The highest BCUT2D eigenvalue weighted by atomic mass is 35.5. The van der Waals surface area contributed by atoms with Crippen LogP contribution in [0.25, 0.3) is 0 Å². The van der Waals surface area contributed by atoms with Crippen molar-refractivity contribution in [2.75, 3.05) is 0 Å². The second-order valence-electron chi connectivity index (χ2n) is 7.01. The van der Waals surface area contributed by atoms with Crippen LogP contribution in [-0.4, -0.2) is 15.7 Å². The third-order valence-electron chi connectivity index (χ3n) is 5.11. The van der Waals surface area contributed by atoms with Crippen LogP contribution in [0.5, 0.6) is 0 Å². The largest absolute Gasteiger partial charge is 0.452 e. The van der Waals surface area contributed by atoms with Crippen molar-refractivity contribution in [2.45, 2.75) is 56.8 Å². The van der Waals surface area contributed by atoms with Crippen molar-refractivity contribution in [1.29, 1.82) is 0 Å². The van der Waals surface area contributed by atoms with Gasteiger partial charge in [0.2, 0.25) is 11.5 Å². The SMILES string of the molecule is Cc1cccc2c1N=C(c1cc(C(F)(F)F)nn1C1CCCCC1)OC2Cl. The molecule has 0 radical (unpaired) electrons. The van der Waals surface area contributed by atoms with E-state index in [0.29, 0.717) is 11.3 Å². The molecule has 144 valence electrons. The van der Waals surface area contributed by atoms with Crippen molar-refractivity contribution in [3.05, 3.63) is 46.8 Å². The summed E-state index contributed by atoms with van der Waals surface area (Å²) < 4.78 is 47.1. The number of aromatic nitrogens is 2. The fourth-order valence-corrected chi connectivity index (χ4v) is 3.98. The minimum atomic E-state index is -4.53. The molecule has 1 aliphatic heterocycles. The third-order valence-corrected chi connectivity index (χ3v) is 5.43. The molecule has 1 unspecified atom stereocenters. The Hall–Kier alpha value is -2.02. The van der Waals surface area contributed by atoms with E-state index in [1.165, 1.54) is 4.68 Å². The van der Waals surface area contributed by atoms with Crippen LogP contribution in [-0.2, 0) is 10.9 Å². The average Bonchev–Trinajstić information content (AvgIpc) is 3.09. The highest BCUT2D eigenvalue weighted by molar-refractivity contribution is 6.21. The molecule has 0 bridgehead atoms. The number of hydrogen-bond donors (Lipinski definition) is 0. The second-order valence-corrected chi connectivity index (χ2v) is 7.41. The molecule has 27 heavy (non-hydrogen) atoms. The van der Waals surface area contributed by atoms with Crippen LogP contribution in [0.2, 0.25) is 0 Å². The number of para-hydroxylation sites is 1. The van der Waals surface area contributed by atoms with Crippen molar-refractivity contribution in [1.82, 2.24) is 9.78 Å². The normalized spacial score (nSPS) is 20.8. The topological polar surface area (TPSA) is 39.4 Å². The molecule has 0 amide bonds. The predicted octanol–water partition coefficient (Wildman–Crippen LogP) is 6.06. The van der Waals surface area contributed by atoms with Gasteiger partial charge in [0.15, 0.2) is 5.69 Å². The number of aryl methyl sites for hydroxylation is 1. The van der Waals surface area contributed by atoms with Crippen LogP contribution < -0.4 is 0 Å². The Labute approximate surface area is 160 Å². The van der Waals surface area contributed by atoms with Crippen molar-refractivity contribution >= 4 is 23.2 Å². The van der Waals surface area contributed by atoms with Crippen LogP contribution in [0.1, 0.15) is 66.2 Å². The van der Waals surface area contributed by atoms with Crippen LogP contribution in [0.3, 0.4) is 0 Å². The molecule has 0 N–H and O–H groups in total. The van der Waals surface area contributed by atoms with Gasteiger partial charge in [-0.15, -0.1) is 0 Å². The lowest BCUT2D eigenvalue weighted by molar-refractivity contribution is -0.141. The Morgan fingerprint density at radius 1 is 1.19 bits per heavy atom. The maximum absolute atomic E-state index is 13.3. The summed E-state index contributed by atoms with van der Waals surface area (Å²) in [4.78, 5) is 4.50. The molecule has 4 rings (SSSR count). The van der Waals surface area contributed by atoms with E-state index in [9.17, 15) is 13.2 Å². The Kier molecular flexibility index (Phi) is 4.66. The highest BCUT2D eigenvalue weighted by Gasteiger charge is 2.38. The quantitative estimate of drug-likeness (QED) is 0.577. The molecule has 2 heterocycles. The molecule has 2 aliphatic rings. The zero-order valence-corrected chi connectivity index (χ0v) is 15.5. The van der Waals surface area contributed by atoms with Crippen molar-refractivity contribution < 1.29 is 17.9 Å². The molecule has 1 atom stereocenters. The van der Waals surface area contributed by atoms with E-state index in [0.717, 1.165) is 43.7 Å². The number of nitrogens with zero attached hydrogens (tertiary/aromatic N) is 3. The summed E-state index contributed by atoms with van der Waals surface area (Å²) in [7, 11) is 0. The van der Waals surface area contributed by atoms with E-state index < -0.39 is 17.4 Å². The molecule has 0 saturated heterocycles. The fourth-order valence-electron chi connectivity index (χ4n) is 3.72. The van der Waals surface area contributed by atoms with Gasteiger partial charge < -0.3 is 4.74 Å². The second kappa shape index (κ2) is 6.86. The smallest absolute Gasteiger partial charge is 0.435 e. The monoisotopic (exact) mass is 397 g/mol. The summed E-state index contributed by atoms with van der Waals surface area (Å²) >= 11 is 6.34. The number of aliphatic imine (C=N–C) groups is 1. The lowest BCUT2D eigenvalue weighted by Gasteiger charge is -2.26. The fraction of sp³-hybridized carbons (Fsp3) is 0.474. The minimum absolute atomic E-state index is 0.0883. The molecule has 0 spiro atoms. The van der Waals surface area contributed by atoms with Gasteiger partial charge in [-0.05, 0) is 25.3 Å². The first-order valence-corrected chi connectivity index (χ1v) is 9.44. The van der Waals surface area contributed by atoms with E-state index in [2.05, 4.69) is 10.1 Å². The van der Waals surface area contributed by atoms with Crippen LogP contribution in [0.4, 0.5) is 18.9 Å². The number of hydrogen-bond acceptors (Lipinski definition) is 3. The number of benzene rings is 1. The maximum Gasteiger partial charge on any atom is 0.435 e.